The number of carbonyl (C=O) groups excluding carboxylic acids is 3. The predicted octanol–water partition coefficient (Wildman–Crippen LogP) is 5.43. The number of amides is 1. The van der Waals surface area contributed by atoms with Gasteiger partial charge in [-0.15, -0.1) is 0 Å². The lowest BCUT2D eigenvalue weighted by Crippen LogP contribution is -2.46. The maximum absolute atomic E-state index is 13.6. The first-order valence-corrected chi connectivity index (χ1v) is 17.4. The van der Waals surface area contributed by atoms with Crippen LogP contribution in [0.4, 0.5) is 5.82 Å². The number of imidazole rings is 1. The second-order valence-electron chi connectivity index (χ2n) is 12.4. The van der Waals surface area contributed by atoms with Crippen LogP contribution in [0.15, 0.2) is 128 Å². The van der Waals surface area contributed by atoms with Crippen LogP contribution in [0.5, 0.6) is 0 Å². The molecule has 13 nitrogen and oxygen atoms in total. The molecule has 0 spiro atoms. The molecule has 2 N–H and O–H groups in total. The van der Waals surface area contributed by atoms with Gasteiger partial charge in [0, 0.05) is 19.0 Å². The Morgan fingerprint density at radius 3 is 1.87 bits per heavy atom. The van der Waals surface area contributed by atoms with Crippen LogP contribution in [0.2, 0.25) is 0 Å². The summed E-state index contributed by atoms with van der Waals surface area (Å²) >= 11 is 0. The molecule has 270 valence electrons. The summed E-state index contributed by atoms with van der Waals surface area (Å²) in [6.07, 6.45) is -4.04. The van der Waals surface area contributed by atoms with Crippen molar-refractivity contribution in [1.82, 2.24) is 24.8 Å². The smallest absolute Gasteiger partial charge is 0.338 e. The molecule has 4 atom stereocenters. The number of esters is 2. The van der Waals surface area contributed by atoms with Gasteiger partial charge in [0.2, 0.25) is 5.82 Å². The van der Waals surface area contributed by atoms with Crippen LogP contribution in [-0.2, 0) is 19.0 Å². The Labute approximate surface area is 310 Å². The minimum atomic E-state index is -1.40. The van der Waals surface area contributed by atoms with Crippen LogP contribution in [0.25, 0.3) is 11.2 Å². The van der Waals surface area contributed by atoms with E-state index in [1.165, 1.54) is 10.9 Å². The summed E-state index contributed by atoms with van der Waals surface area (Å²) < 4.78 is 19.8. The van der Waals surface area contributed by atoms with Crippen LogP contribution < -0.4 is 10.6 Å². The number of nitrogens with one attached hydrogen (secondary N) is 2. The third kappa shape index (κ3) is 7.50. The molecule has 1 saturated heterocycles. The number of carbonyl (C=O) groups is 3. The van der Waals surface area contributed by atoms with E-state index in [0.717, 1.165) is 11.1 Å². The molecule has 0 unspecified atom stereocenters. The van der Waals surface area contributed by atoms with Gasteiger partial charge in [-0.1, -0.05) is 97.1 Å². The van der Waals surface area contributed by atoms with Crippen LogP contribution >= 0.6 is 0 Å². The zero-order chi connectivity index (χ0) is 37.4. The number of hydrogen-bond donors (Lipinski definition) is 2. The highest BCUT2D eigenvalue weighted by atomic mass is 16.6. The van der Waals surface area contributed by atoms with Crippen molar-refractivity contribution in [2.45, 2.75) is 37.4 Å². The van der Waals surface area contributed by atoms with Gasteiger partial charge in [0.05, 0.1) is 17.5 Å². The van der Waals surface area contributed by atoms with Gasteiger partial charge in [-0.3, -0.25) is 9.36 Å². The van der Waals surface area contributed by atoms with E-state index in [9.17, 15) is 19.6 Å². The molecule has 0 aliphatic carbocycles. The van der Waals surface area contributed by atoms with E-state index < -0.39 is 42.4 Å². The van der Waals surface area contributed by atoms with Crippen molar-refractivity contribution in [3.05, 3.63) is 156 Å². The van der Waals surface area contributed by atoms with Crippen molar-refractivity contribution < 1.29 is 28.6 Å². The Bertz CT molecular complexity index is 2240. The van der Waals surface area contributed by atoms with Crippen molar-refractivity contribution in [2.24, 2.45) is 0 Å². The van der Waals surface area contributed by atoms with Crippen molar-refractivity contribution in [3.63, 3.8) is 0 Å². The Morgan fingerprint density at radius 1 is 0.796 bits per heavy atom. The lowest BCUT2D eigenvalue weighted by molar-refractivity contribution is -0.137. The molecule has 0 bridgehead atoms. The zero-order valence-corrected chi connectivity index (χ0v) is 29.1. The normalized spacial score (nSPS) is 17.8. The van der Waals surface area contributed by atoms with Gasteiger partial charge in [0.15, 0.2) is 41.5 Å². The molecule has 1 aliphatic rings. The summed E-state index contributed by atoms with van der Waals surface area (Å²) in [6, 6.07) is 38.5. The third-order valence-corrected chi connectivity index (χ3v) is 8.98. The van der Waals surface area contributed by atoms with Crippen LogP contribution in [0.3, 0.4) is 0 Å². The van der Waals surface area contributed by atoms with Gasteiger partial charge in [-0.05, 0) is 42.3 Å². The van der Waals surface area contributed by atoms with Gasteiger partial charge in [-0.2, -0.15) is 15.2 Å². The number of likely N-dealkylation sites (N-methyl/N-ethyl adjacent to an activating group) is 1. The van der Waals surface area contributed by atoms with Crippen molar-refractivity contribution in [1.29, 1.82) is 5.26 Å². The summed E-state index contributed by atoms with van der Waals surface area (Å²) in [5, 5.41) is 16.1. The SMILES string of the molecule is CCNC(=O)[C@H]1O[C@@H](n2cnc3c(NCC(c4ccccc4)c4ccccc4)nc(C#N)nc32)[C@H](OC(=O)c2ccccc2)[C@@H]1OC(=O)c1ccccc1. The molecule has 2 aromatic heterocycles. The van der Waals surface area contributed by atoms with E-state index in [0.29, 0.717) is 12.1 Å². The number of ether oxygens (including phenoxy) is 3. The first kappa shape index (κ1) is 35.5. The number of rotatable bonds is 12. The second kappa shape index (κ2) is 16.2. The lowest BCUT2D eigenvalue weighted by atomic mass is 9.91. The van der Waals surface area contributed by atoms with E-state index >= 15 is 0 Å². The van der Waals surface area contributed by atoms with Crippen molar-refractivity contribution in [3.8, 4) is 6.07 Å². The minimum absolute atomic E-state index is 0.0807. The Morgan fingerprint density at radius 2 is 1.33 bits per heavy atom. The molecule has 1 fully saturated rings. The Kier molecular flexibility index (Phi) is 10.6. The summed E-state index contributed by atoms with van der Waals surface area (Å²) in [7, 11) is 0. The molecule has 13 heteroatoms. The number of anilines is 1. The first-order valence-electron chi connectivity index (χ1n) is 17.4. The summed E-state index contributed by atoms with van der Waals surface area (Å²) in [5.41, 5.74) is 3.06. The minimum Gasteiger partial charge on any atom is -0.451 e. The first-order chi connectivity index (χ1) is 26.4. The maximum atomic E-state index is 13.6. The fourth-order valence-corrected chi connectivity index (χ4v) is 6.41. The monoisotopic (exact) mass is 721 g/mol. The molecule has 0 saturated carbocycles. The topological polar surface area (TPSA) is 170 Å². The Hall–Kier alpha value is -6.91. The number of aromatic nitrogens is 4. The summed E-state index contributed by atoms with van der Waals surface area (Å²) in [4.78, 5) is 54.1. The second-order valence-corrected chi connectivity index (χ2v) is 12.4. The molecule has 1 aliphatic heterocycles. The van der Waals surface area contributed by atoms with Gasteiger partial charge in [0.1, 0.15) is 6.07 Å². The highest BCUT2D eigenvalue weighted by molar-refractivity contribution is 5.91. The zero-order valence-electron chi connectivity index (χ0n) is 29.1. The van der Waals surface area contributed by atoms with E-state index in [-0.39, 0.29) is 40.9 Å². The van der Waals surface area contributed by atoms with Gasteiger partial charge >= 0.3 is 11.9 Å². The lowest BCUT2D eigenvalue weighted by Gasteiger charge is -2.24. The highest BCUT2D eigenvalue weighted by Crippen LogP contribution is 2.37. The third-order valence-electron chi connectivity index (χ3n) is 8.98. The largest absolute Gasteiger partial charge is 0.451 e. The molecule has 6 aromatic rings. The number of nitriles is 1. The van der Waals surface area contributed by atoms with Gasteiger partial charge in [-0.25, -0.2) is 14.6 Å². The average molecular weight is 722 g/mol. The van der Waals surface area contributed by atoms with Crippen molar-refractivity contribution in [2.75, 3.05) is 18.4 Å². The Balaban J connectivity index is 1.28. The maximum Gasteiger partial charge on any atom is 0.338 e. The predicted molar refractivity (Wildman–Crippen MR) is 197 cm³/mol. The van der Waals surface area contributed by atoms with Gasteiger partial charge < -0.3 is 24.8 Å². The molecule has 3 heterocycles. The van der Waals surface area contributed by atoms with Crippen LogP contribution in [-0.4, -0.2) is 68.8 Å². The van der Waals surface area contributed by atoms with E-state index in [1.54, 1.807) is 67.6 Å². The quantitative estimate of drug-likeness (QED) is 0.155. The summed E-state index contributed by atoms with van der Waals surface area (Å²) in [6.45, 7) is 2.39. The molecular weight excluding hydrogens is 686 g/mol. The molecule has 1 amide bonds. The number of benzene rings is 4. The fraction of sp³-hybridized carbons (Fsp3) is 0.195. The molecule has 0 radical (unpaired) electrons. The summed E-state index contributed by atoms with van der Waals surface area (Å²) in [5.74, 6) is -2.02. The van der Waals surface area contributed by atoms with E-state index in [2.05, 4.69) is 25.6 Å². The average Bonchev–Trinajstić information content (AvgIpc) is 3.80. The van der Waals surface area contributed by atoms with Crippen LogP contribution in [0, 0.1) is 11.3 Å². The fourth-order valence-electron chi connectivity index (χ4n) is 6.41. The number of fused-ring (bicyclic) bond motifs is 1. The van der Waals surface area contributed by atoms with Gasteiger partial charge in [0.25, 0.3) is 5.91 Å². The van der Waals surface area contributed by atoms with E-state index in [4.69, 9.17) is 14.2 Å². The van der Waals surface area contributed by atoms with Crippen LogP contribution in [0.1, 0.15) is 56.7 Å². The molecule has 54 heavy (non-hydrogen) atoms. The van der Waals surface area contributed by atoms with E-state index in [1.807, 2.05) is 66.7 Å². The molecule has 7 rings (SSSR count). The molecule has 4 aromatic carbocycles. The number of hydrogen-bond acceptors (Lipinski definition) is 11. The number of nitrogens with zero attached hydrogens (tertiary/aromatic N) is 5. The van der Waals surface area contributed by atoms with Crippen molar-refractivity contribution >= 4 is 34.8 Å². The molecular formula is C41H35N7O6. The highest BCUT2D eigenvalue weighted by Gasteiger charge is 2.54. The standard InChI is InChI=1S/C41H35N7O6/c1-2-43-38(49)34-33(53-40(50)28-19-11-5-12-20-28)35(54-41(51)29-21-13-6-14-22-29)39(52-34)48-25-45-32-36(46-31(23-42)47-37(32)48)44-24-30(26-15-7-3-8-16-26)27-17-9-4-10-18-27/h3-22,25,30,33-35,39H,2,24H2,1H3,(H,43,49)(H,44,46,47)/t33-,34+,35-,39-/m1/s1.